The van der Waals surface area contributed by atoms with Crippen LogP contribution in [0.2, 0.25) is 0 Å². The molecule has 4 heteroatoms. The van der Waals surface area contributed by atoms with Crippen molar-refractivity contribution in [3.05, 3.63) is 70.8 Å². The number of amides is 2. The van der Waals surface area contributed by atoms with E-state index in [9.17, 15) is 9.59 Å². The van der Waals surface area contributed by atoms with Crippen LogP contribution in [0.5, 0.6) is 0 Å². The van der Waals surface area contributed by atoms with Gasteiger partial charge in [-0.15, -0.1) is 0 Å². The van der Waals surface area contributed by atoms with E-state index >= 15 is 0 Å². The topological polar surface area (TPSA) is 49.4 Å². The monoisotopic (exact) mass is 378 g/mol. The van der Waals surface area contributed by atoms with Gasteiger partial charge in [0.05, 0.1) is 5.92 Å². The molecule has 0 unspecified atom stereocenters. The standard InChI is InChI=1S/C24H30N2O2/c1-18-14-19(2)16-22(15-18)24(28)26-13-7-11-21(17-26)23(27)25-12-6-10-20-8-4-3-5-9-20/h3-5,8-9,14-16,21H,6-7,10-13,17H2,1-2H3,(H,25,27)/t21-/m0/s1. The number of hydrogen-bond donors (Lipinski definition) is 1. The van der Waals surface area contributed by atoms with Crippen LogP contribution < -0.4 is 5.32 Å². The van der Waals surface area contributed by atoms with Crippen molar-refractivity contribution in [1.29, 1.82) is 0 Å². The van der Waals surface area contributed by atoms with Crippen molar-refractivity contribution in [1.82, 2.24) is 10.2 Å². The number of piperidine rings is 1. The molecule has 1 aliphatic heterocycles. The van der Waals surface area contributed by atoms with Gasteiger partial charge in [-0.1, -0.05) is 47.5 Å². The second-order valence-electron chi connectivity index (χ2n) is 7.85. The minimum atomic E-state index is -0.111. The fraction of sp³-hybridized carbons (Fsp3) is 0.417. The van der Waals surface area contributed by atoms with Crippen molar-refractivity contribution in [2.24, 2.45) is 5.92 Å². The Morgan fingerprint density at radius 3 is 2.50 bits per heavy atom. The van der Waals surface area contributed by atoms with Gasteiger partial charge in [-0.25, -0.2) is 0 Å². The van der Waals surface area contributed by atoms with Crippen LogP contribution in [0.15, 0.2) is 48.5 Å². The van der Waals surface area contributed by atoms with Crippen molar-refractivity contribution in [3.8, 4) is 0 Å². The maximum absolute atomic E-state index is 12.9. The minimum absolute atomic E-state index is 0.0355. The highest BCUT2D eigenvalue weighted by Crippen LogP contribution is 2.20. The smallest absolute Gasteiger partial charge is 0.253 e. The summed E-state index contributed by atoms with van der Waals surface area (Å²) in [5.41, 5.74) is 4.20. The number of nitrogens with one attached hydrogen (secondary N) is 1. The van der Waals surface area contributed by atoms with Crippen molar-refractivity contribution in [2.75, 3.05) is 19.6 Å². The van der Waals surface area contributed by atoms with Gasteiger partial charge in [0.15, 0.2) is 0 Å². The van der Waals surface area contributed by atoms with E-state index < -0.39 is 0 Å². The third kappa shape index (κ3) is 5.44. The first-order chi connectivity index (χ1) is 13.5. The summed E-state index contributed by atoms with van der Waals surface area (Å²) in [6.07, 6.45) is 3.61. The van der Waals surface area contributed by atoms with Gasteiger partial charge in [0.1, 0.15) is 0 Å². The molecule has 1 heterocycles. The fourth-order valence-corrected chi connectivity index (χ4v) is 3.95. The first kappa shape index (κ1) is 20.1. The maximum Gasteiger partial charge on any atom is 0.253 e. The van der Waals surface area contributed by atoms with Crippen molar-refractivity contribution in [2.45, 2.75) is 39.5 Å². The molecule has 0 spiro atoms. The lowest BCUT2D eigenvalue weighted by Crippen LogP contribution is -2.45. The first-order valence-electron chi connectivity index (χ1n) is 10.2. The molecule has 0 saturated carbocycles. The summed E-state index contributed by atoms with van der Waals surface area (Å²) in [5, 5.41) is 3.06. The molecule has 148 valence electrons. The van der Waals surface area contributed by atoms with E-state index in [1.807, 2.05) is 49.1 Å². The molecule has 1 atom stereocenters. The third-order valence-electron chi connectivity index (χ3n) is 5.33. The van der Waals surface area contributed by atoms with Gasteiger partial charge in [-0.2, -0.15) is 0 Å². The van der Waals surface area contributed by atoms with Gasteiger partial charge in [-0.3, -0.25) is 9.59 Å². The summed E-state index contributed by atoms with van der Waals surface area (Å²) in [7, 11) is 0. The number of benzene rings is 2. The predicted molar refractivity (Wildman–Crippen MR) is 112 cm³/mol. The Morgan fingerprint density at radius 2 is 1.79 bits per heavy atom. The van der Waals surface area contributed by atoms with E-state index in [0.717, 1.165) is 48.9 Å². The Hall–Kier alpha value is -2.62. The molecule has 1 N–H and O–H groups in total. The molecule has 1 fully saturated rings. The van der Waals surface area contributed by atoms with Crippen LogP contribution in [-0.4, -0.2) is 36.3 Å². The van der Waals surface area contributed by atoms with Gasteiger partial charge in [0.2, 0.25) is 5.91 Å². The van der Waals surface area contributed by atoms with Crippen molar-refractivity contribution in [3.63, 3.8) is 0 Å². The second kappa shape index (κ2) is 9.54. The Balaban J connectivity index is 1.49. The summed E-state index contributed by atoms with van der Waals surface area (Å²) >= 11 is 0. The molecule has 0 bridgehead atoms. The molecule has 2 aromatic carbocycles. The number of rotatable bonds is 6. The first-order valence-corrected chi connectivity index (χ1v) is 10.2. The minimum Gasteiger partial charge on any atom is -0.356 e. The van der Waals surface area contributed by atoms with Gasteiger partial charge >= 0.3 is 0 Å². The van der Waals surface area contributed by atoms with E-state index in [1.165, 1.54) is 5.56 Å². The fourth-order valence-electron chi connectivity index (χ4n) is 3.95. The van der Waals surface area contributed by atoms with E-state index in [0.29, 0.717) is 13.1 Å². The molecule has 0 radical (unpaired) electrons. The highest BCUT2D eigenvalue weighted by Gasteiger charge is 2.28. The number of carbonyl (C=O) groups is 2. The van der Waals surface area contributed by atoms with E-state index in [2.05, 4.69) is 23.5 Å². The molecule has 0 aromatic heterocycles. The molecular formula is C24H30N2O2. The predicted octanol–water partition coefficient (Wildman–Crippen LogP) is 3.90. The van der Waals surface area contributed by atoms with Crippen molar-refractivity contribution >= 4 is 11.8 Å². The zero-order chi connectivity index (χ0) is 19.9. The van der Waals surface area contributed by atoms with Gasteiger partial charge in [0, 0.05) is 25.2 Å². The Kier molecular flexibility index (Phi) is 6.85. The third-order valence-corrected chi connectivity index (χ3v) is 5.33. The SMILES string of the molecule is Cc1cc(C)cc(C(=O)N2CCC[C@H](C(=O)NCCCc3ccccc3)C2)c1. The van der Waals surface area contributed by atoms with Gasteiger partial charge in [0.25, 0.3) is 5.91 Å². The molecule has 28 heavy (non-hydrogen) atoms. The number of likely N-dealkylation sites (tertiary alicyclic amines) is 1. The van der Waals surface area contributed by atoms with E-state index in [4.69, 9.17) is 0 Å². The average Bonchev–Trinajstić information content (AvgIpc) is 2.70. The van der Waals surface area contributed by atoms with Crippen LogP contribution in [0, 0.1) is 19.8 Å². The number of carbonyl (C=O) groups excluding carboxylic acids is 2. The molecule has 2 aromatic rings. The zero-order valence-electron chi connectivity index (χ0n) is 16.9. The normalized spacial score (nSPS) is 16.6. The Bertz CT molecular complexity index is 796. The number of hydrogen-bond acceptors (Lipinski definition) is 2. The molecule has 4 nitrogen and oxygen atoms in total. The van der Waals surface area contributed by atoms with Crippen LogP contribution >= 0.6 is 0 Å². The molecule has 1 saturated heterocycles. The summed E-state index contributed by atoms with van der Waals surface area (Å²) in [6.45, 7) is 5.92. The number of aryl methyl sites for hydroxylation is 3. The highest BCUT2D eigenvalue weighted by molar-refractivity contribution is 5.95. The summed E-state index contributed by atoms with van der Waals surface area (Å²) < 4.78 is 0. The molecular weight excluding hydrogens is 348 g/mol. The van der Waals surface area contributed by atoms with E-state index in [1.54, 1.807) is 0 Å². The van der Waals surface area contributed by atoms with Gasteiger partial charge in [-0.05, 0) is 57.2 Å². The molecule has 1 aliphatic rings. The quantitative estimate of drug-likeness (QED) is 0.775. The lowest BCUT2D eigenvalue weighted by molar-refractivity contribution is -0.126. The molecule has 0 aliphatic carbocycles. The highest BCUT2D eigenvalue weighted by atomic mass is 16.2. The number of nitrogens with zero attached hydrogens (tertiary/aromatic N) is 1. The molecule has 3 rings (SSSR count). The Labute approximate surface area is 167 Å². The van der Waals surface area contributed by atoms with Crippen LogP contribution in [0.3, 0.4) is 0 Å². The van der Waals surface area contributed by atoms with Crippen molar-refractivity contribution < 1.29 is 9.59 Å². The average molecular weight is 379 g/mol. The Morgan fingerprint density at radius 1 is 1.07 bits per heavy atom. The van der Waals surface area contributed by atoms with Gasteiger partial charge < -0.3 is 10.2 Å². The lowest BCUT2D eigenvalue weighted by atomic mass is 9.96. The summed E-state index contributed by atoms with van der Waals surface area (Å²) in [6, 6.07) is 16.2. The molecule has 2 amide bonds. The van der Waals surface area contributed by atoms with Crippen LogP contribution in [0.4, 0.5) is 0 Å². The largest absolute Gasteiger partial charge is 0.356 e. The lowest BCUT2D eigenvalue weighted by Gasteiger charge is -2.32. The summed E-state index contributed by atoms with van der Waals surface area (Å²) in [4.78, 5) is 27.3. The zero-order valence-corrected chi connectivity index (χ0v) is 16.9. The van der Waals surface area contributed by atoms with Crippen LogP contribution in [-0.2, 0) is 11.2 Å². The van der Waals surface area contributed by atoms with Crippen LogP contribution in [0.1, 0.15) is 46.3 Å². The maximum atomic E-state index is 12.9. The van der Waals surface area contributed by atoms with Crippen LogP contribution in [0.25, 0.3) is 0 Å². The second-order valence-corrected chi connectivity index (χ2v) is 7.85. The van der Waals surface area contributed by atoms with E-state index in [-0.39, 0.29) is 17.7 Å². The summed E-state index contributed by atoms with van der Waals surface area (Å²) in [5.74, 6) is -0.000284.